The number of phenols is 1. The van der Waals surface area contributed by atoms with Gasteiger partial charge in [-0.2, -0.15) is 0 Å². The smallest absolute Gasteiger partial charge is 0.294 e. The van der Waals surface area contributed by atoms with Crippen molar-refractivity contribution in [1.82, 2.24) is 4.90 Å². The zero-order valence-corrected chi connectivity index (χ0v) is 16.9. The van der Waals surface area contributed by atoms with Crippen LogP contribution in [0.25, 0.3) is 6.08 Å². The number of nitrogens with zero attached hydrogens (tertiary/aromatic N) is 1. The maximum absolute atomic E-state index is 12.5. The fourth-order valence-corrected chi connectivity index (χ4v) is 3.84. The maximum atomic E-state index is 12.5. The zero-order chi connectivity index (χ0) is 20.4. The summed E-state index contributed by atoms with van der Waals surface area (Å²) in [6, 6.07) is 10.0. The van der Waals surface area contributed by atoms with E-state index >= 15 is 0 Å². The molecule has 1 fully saturated rings. The van der Waals surface area contributed by atoms with Gasteiger partial charge in [-0.15, -0.1) is 0 Å². The molecule has 0 radical (unpaired) electrons. The summed E-state index contributed by atoms with van der Waals surface area (Å²) in [6.07, 6.45) is 1.43. The van der Waals surface area contributed by atoms with E-state index < -0.39 is 23.6 Å². The van der Waals surface area contributed by atoms with Crippen LogP contribution < -0.4 is 5.32 Å². The number of aryl methyl sites for hydroxylation is 1. The number of amides is 3. The third kappa shape index (κ3) is 4.32. The van der Waals surface area contributed by atoms with Gasteiger partial charge in [0.25, 0.3) is 11.1 Å². The molecule has 3 rings (SSSR count). The molecule has 9 heteroatoms. The Bertz CT molecular complexity index is 1000. The number of halogens is 2. The van der Waals surface area contributed by atoms with Crippen LogP contribution in [0.15, 0.2) is 41.3 Å². The second-order valence-electron chi connectivity index (χ2n) is 5.96. The van der Waals surface area contributed by atoms with Crippen LogP contribution in [0.5, 0.6) is 5.75 Å². The predicted octanol–water partition coefficient (Wildman–Crippen LogP) is 4.68. The second kappa shape index (κ2) is 8.26. The van der Waals surface area contributed by atoms with Crippen LogP contribution in [0.3, 0.4) is 0 Å². The summed E-state index contributed by atoms with van der Waals surface area (Å²) < 4.78 is 0. The van der Waals surface area contributed by atoms with Crippen LogP contribution in [0.4, 0.5) is 10.5 Å². The number of carbonyl (C=O) groups is 3. The summed E-state index contributed by atoms with van der Waals surface area (Å²) in [7, 11) is 0. The average Bonchev–Trinajstić information content (AvgIpc) is 2.89. The Hall–Kier alpha value is -2.48. The van der Waals surface area contributed by atoms with E-state index in [1.54, 1.807) is 12.1 Å². The number of hydrogen-bond acceptors (Lipinski definition) is 5. The van der Waals surface area contributed by atoms with Gasteiger partial charge in [-0.1, -0.05) is 41.4 Å². The first-order valence-electron chi connectivity index (χ1n) is 8.05. The van der Waals surface area contributed by atoms with Crippen molar-refractivity contribution in [1.29, 1.82) is 0 Å². The van der Waals surface area contributed by atoms with Crippen LogP contribution in [0.1, 0.15) is 11.1 Å². The van der Waals surface area contributed by atoms with Crippen LogP contribution in [0, 0.1) is 6.92 Å². The van der Waals surface area contributed by atoms with Gasteiger partial charge in [0.15, 0.2) is 5.75 Å². The lowest BCUT2D eigenvalue weighted by atomic mass is 10.2. The number of benzene rings is 2. The quantitative estimate of drug-likeness (QED) is 0.679. The van der Waals surface area contributed by atoms with Crippen molar-refractivity contribution >= 4 is 63.8 Å². The molecule has 3 amide bonds. The van der Waals surface area contributed by atoms with E-state index in [1.807, 2.05) is 19.1 Å². The third-order valence-corrected chi connectivity index (χ3v) is 5.42. The molecular formula is C19H14Cl2N2O4S. The van der Waals surface area contributed by atoms with E-state index in [9.17, 15) is 19.5 Å². The topological polar surface area (TPSA) is 86.7 Å². The Morgan fingerprint density at radius 3 is 2.50 bits per heavy atom. The number of phenolic OH excluding ortho intramolecular Hbond substituents is 1. The number of carbonyl (C=O) groups excluding carboxylic acids is 3. The fourth-order valence-electron chi connectivity index (χ4n) is 2.50. The van der Waals surface area contributed by atoms with Gasteiger partial charge in [-0.05, 0) is 54.1 Å². The number of nitrogens with one attached hydrogen (secondary N) is 1. The number of aromatic hydroxyl groups is 1. The molecule has 6 nitrogen and oxygen atoms in total. The molecule has 0 aromatic heterocycles. The van der Waals surface area contributed by atoms with Gasteiger partial charge >= 0.3 is 0 Å². The van der Waals surface area contributed by atoms with Gasteiger partial charge in [0.05, 0.1) is 15.0 Å². The Morgan fingerprint density at radius 1 is 1.21 bits per heavy atom. The van der Waals surface area contributed by atoms with Crippen molar-refractivity contribution in [3.05, 3.63) is 62.5 Å². The summed E-state index contributed by atoms with van der Waals surface area (Å²) in [5.41, 5.74) is 1.93. The highest BCUT2D eigenvalue weighted by atomic mass is 35.5. The fraction of sp³-hybridized carbons (Fsp3) is 0.105. The lowest BCUT2D eigenvalue weighted by Crippen LogP contribution is -2.36. The molecule has 1 saturated heterocycles. The van der Waals surface area contributed by atoms with Gasteiger partial charge in [-0.25, -0.2) is 0 Å². The lowest BCUT2D eigenvalue weighted by molar-refractivity contribution is -0.127. The van der Waals surface area contributed by atoms with Gasteiger partial charge in [0.1, 0.15) is 6.54 Å². The van der Waals surface area contributed by atoms with Crippen molar-refractivity contribution in [2.45, 2.75) is 6.92 Å². The largest absolute Gasteiger partial charge is 0.505 e. The molecule has 28 heavy (non-hydrogen) atoms. The second-order valence-corrected chi connectivity index (χ2v) is 7.77. The van der Waals surface area contributed by atoms with Crippen LogP contribution in [0.2, 0.25) is 10.0 Å². The summed E-state index contributed by atoms with van der Waals surface area (Å²) in [5.74, 6) is -1.33. The molecule has 0 spiro atoms. The third-order valence-electron chi connectivity index (χ3n) is 3.93. The van der Waals surface area contributed by atoms with E-state index in [-0.39, 0.29) is 20.7 Å². The highest BCUT2D eigenvalue weighted by Crippen LogP contribution is 2.36. The van der Waals surface area contributed by atoms with Crippen molar-refractivity contribution in [3.8, 4) is 5.75 Å². The zero-order valence-electron chi connectivity index (χ0n) is 14.5. The first kappa shape index (κ1) is 20.3. The highest BCUT2D eigenvalue weighted by molar-refractivity contribution is 8.18. The highest BCUT2D eigenvalue weighted by Gasteiger charge is 2.36. The molecule has 0 unspecified atom stereocenters. The normalized spacial score (nSPS) is 15.4. The first-order valence-corrected chi connectivity index (χ1v) is 9.62. The molecule has 0 saturated carbocycles. The molecule has 0 aliphatic carbocycles. The summed E-state index contributed by atoms with van der Waals surface area (Å²) in [4.78, 5) is 38.0. The van der Waals surface area contributed by atoms with Crippen molar-refractivity contribution in [2.75, 3.05) is 11.9 Å². The van der Waals surface area contributed by atoms with Gasteiger partial charge < -0.3 is 10.4 Å². The summed E-state index contributed by atoms with van der Waals surface area (Å²) >= 11 is 12.5. The predicted molar refractivity (Wildman–Crippen MR) is 111 cm³/mol. The van der Waals surface area contributed by atoms with Crippen LogP contribution in [-0.4, -0.2) is 33.6 Å². The number of rotatable bonds is 4. The molecule has 1 heterocycles. The first-order chi connectivity index (χ1) is 13.3. The minimum atomic E-state index is -0.588. The number of para-hydroxylation sites is 1. The Labute approximate surface area is 175 Å². The van der Waals surface area contributed by atoms with Crippen molar-refractivity contribution in [3.63, 3.8) is 0 Å². The number of hydrogen-bond donors (Lipinski definition) is 2. The van der Waals surface area contributed by atoms with Gasteiger partial charge in [0.2, 0.25) is 5.91 Å². The Kier molecular flexibility index (Phi) is 5.98. The van der Waals surface area contributed by atoms with E-state index in [0.29, 0.717) is 23.0 Å². The molecular weight excluding hydrogens is 423 g/mol. The van der Waals surface area contributed by atoms with Crippen molar-refractivity contribution < 1.29 is 19.5 Å². The Morgan fingerprint density at radius 2 is 1.86 bits per heavy atom. The van der Waals surface area contributed by atoms with Gasteiger partial charge in [0, 0.05) is 5.69 Å². The molecule has 0 atom stereocenters. The van der Waals surface area contributed by atoms with Gasteiger partial charge in [-0.3, -0.25) is 19.3 Å². The molecule has 1 aliphatic rings. The van der Waals surface area contributed by atoms with E-state index in [1.165, 1.54) is 18.2 Å². The lowest BCUT2D eigenvalue weighted by Gasteiger charge is -2.13. The molecule has 144 valence electrons. The van der Waals surface area contributed by atoms with E-state index in [2.05, 4.69) is 5.32 Å². The van der Waals surface area contributed by atoms with Crippen LogP contribution in [-0.2, 0) is 9.59 Å². The number of thioether (sulfide) groups is 1. The van der Waals surface area contributed by atoms with E-state index in [4.69, 9.17) is 23.2 Å². The monoisotopic (exact) mass is 436 g/mol. The molecule has 2 N–H and O–H groups in total. The number of imide groups is 1. The minimum absolute atomic E-state index is 0.0237. The Balaban J connectivity index is 1.75. The summed E-state index contributed by atoms with van der Waals surface area (Å²) in [6.45, 7) is 1.44. The van der Waals surface area contributed by atoms with Crippen molar-refractivity contribution in [2.24, 2.45) is 0 Å². The molecule has 2 aromatic rings. The summed E-state index contributed by atoms with van der Waals surface area (Å²) in [5, 5.41) is 11.8. The molecule has 0 bridgehead atoms. The minimum Gasteiger partial charge on any atom is -0.505 e. The SMILES string of the molecule is Cc1ccccc1NC(=O)CN1C(=O)S/C(=C/c2cc(Cl)c(O)c(Cl)c2)C1=O. The maximum Gasteiger partial charge on any atom is 0.294 e. The average molecular weight is 437 g/mol. The number of anilines is 1. The molecule has 2 aromatic carbocycles. The standard InChI is InChI=1S/C19H14Cl2N2O4S/c1-10-4-2-3-5-14(10)22-16(24)9-23-18(26)15(28-19(23)27)8-11-6-12(20)17(25)13(21)7-11/h2-8,25H,9H2,1H3,(H,22,24)/b15-8+. The van der Waals surface area contributed by atoms with E-state index in [0.717, 1.165) is 10.5 Å². The van der Waals surface area contributed by atoms with Crippen LogP contribution >= 0.6 is 35.0 Å². The molecule has 1 aliphatic heterocycles.